The summed E-state index contributed by atoms with van der Waals surface area (Å²) in [5, 5.41) is 9.02. The van der Waals surface area contributed by atoms with E-state index in [0.29, 0.717) is 18.5 Å². The van der Waals surface area contributed by atoms with Gasteiger partial charge in [-0.25, -0.2) is 15.0 Å². The summed E-state index contributed by atoms with van der Waals surface area (Å²) >= 11 is 0. The standard InChI is InChI=1S/C21H32N2O4/c1-20(2,3)27-19(26)21(14-8-6-4-5-7-9-15-21)23-22-17-12-10-16(11-13-17)18(24)25/h10-13,22-23H,4-9,14-15H2,1-3H3,(H,24,25). The maximum atomic E-state index is 13.1. The zero-order chi connectivity index (χ0) is 19.9. The molecule has 0 unspecified atom stereocenters. The van der Waals surface area contributed by atoms with E-state index in [1.165, 1.54) is 25.0 Å². The van der Waals surface area contributed by atoms with Gasteiger partial charge in [-0.3, -0.25) is 0 Å². The first kappa shape index (κ1) is 21.2. The summed E-state index contributed by atoms with van der Waals surface area (Å²) in [6, 6.07) is 6.45. The molecule has 1 fully saturated rings. The van der Waals surface area contributed by atoms with Crippen LogP contribution >= 0.6 is 0 Å². The van der Waals surface area contributed by atoms with Crippen LogP contribution in [0, 0.1) is 0 Å². The second kappa shape index (κ2) is 9.22. The minimum atomic E-state index is -0.962. The van der Waals surface area contributed by atoms with Gasteiger partial charge < -0.3 is 15.3 Å². The van der Waals surface area contributed by atoms with Crippen molar-refractivity contribution in [3.63, 3.8) is 0 Å². The molecule has 1 aromatic rings. The van der Waals surface area contributed by atoms with Crippen LogP contribution in [0.3, 0.4) is 0 Å². The van der Waals surface area contributed by atoms with Crippen LogP contribution in [0.4, 0.5) is 5.69 Å². The third-order valence-electron chi connectivity index (χ3n) is 4.82. The summed E-state index contributed by atoms with van der Waals surface area (Å²) in [5.41, 5.74) is 5.96. The first-order valence-electron chi connectivity index (χ1n) is 9.82. The Hall–Kier alpha value is -2.08. The lowest BCUT2D eigenvalue weighted by Crippen LogP contribution is -2.56. The molecule has 3 N–H and O–H groups in total. The summed E-state index contributed by atoms with van der Waals surface area (Å²) in [4.78, 5) is 24.1. The molecule has 0 radical (unpaired) electrons. The number of hydrogen-bond donors (Lipinski definition) is 3. The predicted molar refractivity (Wildman–Crippen MR) is 106 cm³/mol. The molecule has 0 amide bonds. The molecule has 150 valence electrons. The first-order valence-corrected chi connectivity index (χ1v) is 9.82. The van der Waals surface area contributed by atoms with Crippen molar-refractivity contribution in [1.82, 2.24) is 5.43 Å². The van der Waals surface area contributed by atoms with E-state index in [0.717, 1.165) is 25.7 Å². The fourth-order valence-corrected chi connectivity index (χ4v) is 3.33. The number of rotatable bonds is 5. The van der Waals surface area contributed by atoms with Crippen molar-refractivity contribution in [2.24, 2.45) is 0 Å². The molecule has 6 nitrogen and oxygen atoms in total. The molecule has 6 heteroatoms. The molecule has 2 rings (SSSR count). The average molecular weight is 376 g/mol. The van der Waals surface area contributed by atoms with Gasteiger partial charge in [0, 0.05) is 5.69 Å². The average Bonchev–Trinajstić information content (AvgIpc) is 2.71. The third kappa shape index (κ3) is 6.54. The van der Waals surface area contributed by atoms with Crippen LogP contribution in [0.1, 0.15) is 82.5 Å². The number of nitrogens with one attached hydrogen (secondary N) is 2. The van der Waals surface area contributed by atoms with E-state index in [4.69, 9.17) is 9.84 Å². The Bertz CT molecular complexity index is 625. The van der Waals surface area contributed by atoms with E-state index < -0.39 is 17.1 Å². The molecule has 1 aliphatic carbocycles. The van der Waals surface area contributed by atoms with Gasteiger partial charge in [0.2, 0.25) is 0 Å². The first-order chi connectivity index (χ1) is 12.7. The van der Waals surface area contributed by atoms with Crippen molar-refractivity contribution in [2.45, 2.75) is 83.3 Å². The molecule has 0 spiro atoms. The number of carboxylic acid groups (broad SMARTS) is 1. The zero-order valence-electron chi connectivity index (χ0n) is 16.6. The van der Waals surface area contributed by atoms with Crippen molar-refractivity contribution in [1.29, 1.82) is 0 Å². The van der Waals surface area contributed by atoms with Crippen molar-refractivity contribution >= 4 is 17.6 Å². The minimum Gasteiger partial charge on any atom is -0.478 e. The minimum absolute atomic E-state index is 0.227. The van der Waals surface area contributed by atoms with Crippen LogP contribution in [0.5, 0.6) is 0 Å². The van der Waals surface area contributed by atoms with Gasteiger partial charge in [-0.05, 0) is 57.9 Å². The van der Waals surface area contributed by atoms with Crippen LogP contribution in [0.25, 0.3) is 0 Å². The van der Waals surface area contributed by atoms with Gasteiger partial charge in [0.05, 0.1) is 5.56 Å². The highest BCUT2D eigenvalue weighted by atomic mass is 16.6. The Morgan fingerprint density at radius 3 is 1.96 bits per heavy atom. The molecule has 27 heavy (non-hydrogen) atoms. The highest BCUT2D eigenvalue weighted by Gasteiger charge is 2.41. The van der Waals surface area contributed by atoms with Crippen LogP contribution < -0.4 is 10.9 Å². The van der Waals surface area contributed by atoms with E-state index in [1.807, 2.05) is 20.8 Å². The summed E-state index contributed by atoms with van der Waals surface area (Å²) in [6.45, 7) is 5.64. The lowest BCUT2D eigenvalue weighted by molar-refractivity contribution is -0.164. The fourth-order valence-electron chi connectivity index (χ4n) is 3.33. The number of hydrazine groups is 1. The molecule has 0 aliphatic heterocycles. The van der Waals surface area contributed by atoms with Crippen LogP contribution in [-0.2, 0) is 9.53 Å². The number of hydrogen-bond acceptors (Lipinski definition) is 5. The number of aromatic carboxylic acids is 1. The van der Waals surface area contributed by atoms with Crippen molar-refractivity contribution in [3.8, 4) is 0 Å². The summed E-state index contributed by atoms with van der Waals surface area (Å²) in [7, 11) is 0. The lowest BCUT2D eigenvalue weighted by Gasteiger charge is -2.35. The molecule has 1 aromatic carbocycles. The Morgan fingerprint density at radius 1 is 0.963 bits per heavy atom. The number of benzene rings is 1. The molecule has 0 atom stereocenters. The predicted octanol–water partition coefficient (Wildman–Crippen LogP) is 4.52. The van der Waals surface area contributed by atoms with Crippen LogP contribution in [0.15, 0.2) is 24.3 Å². The third-order valence-corrected chi connectivity index (χ3v) is 4.82. The van der Waals surface area contributed by atoms with Gasteiger partial charge in [-0.1, -0.05) is 38.5 Å². The zero-order valence-corrected chi connectivity index (χ0v) is 16.6. The van der Waals surface area contributed by atoms with E-state index in [-0.39, 0.29) is 11.5 Å². The fraction of sp³-hybridized carbons (Fsp3) is 0.619. The molecule has 0 saturated heterocycles. The topological polar surface area (TPSA) is 87.7 Å². The molecular formula is C21H32N2O4. The number of ether oxygens (including phenoxy) is 1. The van der Waals surface area contributed by atoms with Crippen molar-refractivity contribution in [3.05, 3.63) is 29.8 Å². The van der Waals surface area contributed by atoms with Gasteiger partial charge in [0.1, 0.15) is 11.1 Å². The van der Waals surface area contributed by atoms with E-state index in [9.17, 15) is 9.59 Å². The molecule has 1 aliphatic rings. The second-order valence-corrected chi connectivity index (χ2v) is 8.34. The second-order valence-electron chi connectivity index (χ2n) is 8.34. The number of carbonyl (C=O) groups is 2. The van der Waals surface area contributed by atoms with Gasteiger partial charge in [0.15, 0.2) is 0 Å². The van der Waals surface area contributed by atoms with Crippen LogP contribution in [-0.4, -0.2) is 28.2 Å². The van der Waals surface area contributed by atoms with Crippen molar-refractivity contribution < 1.29 is 19.4 Å². The molecule has 0 aromatic heterocycles. The highest BCUT2D eigenvalue weighted by Crippen LogP contribution is 2.29. The molecule has 0 bridgehead atoms. The number of carboxylic acids is 1. The smallest absolute Gasteiger partial charge is 0.335 e. The summed E-state index contributed by atoms with van der Waals surface area (Å²) in [5.74, 6) is -1.19. The Morgan fingerprint density at radius 2 is 1.48 bits per heavy atom. The molecule has 1 saturated carbocycles. The maximum Gasteiger partial charge on any atom is 0.335 e. The van der Waals surface area contributed by atoms with E-state index in [2.05, 4.69) is 10.9 Å². The largest absolute Gasteiger partial charge is 0.478 e. The van der Waals surface area contributed by atoms with Gasteiger partial charge in [0.25, 0.3) is 0 Å². The SMILES string of the molecule is CC(C)(C)OC(=O)C1(NNc2ccc(C(=O)O)cc2)CCCCCCCC1. The highest BCUT2D eigenvalue weighted by molar-refractivity contribution is 5.88. The summed E-state index contributed by atoms with van der Waals surface area (Å²) in [6.07, 6.45) is 7.98. The Kier molecular flexibility index (Phi) is 7.25. The number of esters is 1. The molecular weight excluding hydrogens is 344 g/mol. The normalized spacial score (nSPS) is 17.9. The van der Waals surface area contributed by atoms with Gasteiger partial charge in [-0.15, -0.1) is 0 Å². The Balaban J connectivity index is 2.16. The monoisotopic (exact) mass is 376 g/mol. The van der Waals surface area contributed by atoms with Crippen LogP contribution in [0.2, 0.25) is 0 Å². The van der Waals surface area contributed by atoms with Gasteiger partial charge in [-0.2, -0.15) is 0 Å². The number of carbonyl (C=O) groups excluding carboxylic acids is 1. The van der Waals surface area contributed by atoms with Gasteiger partial charge >= 0.3 is 11.9 Å². The van der Waals surface area contributed by atoms with Crippen molar-refractivity contribution in [2.75, 3.05) is 5.43 Å². The Labute approximate surface area is 161 Å². The maximum absolute atomic E-state index is 13.1. The quantitative estimate of drug-likeness (QED) is 0.517. The number of anilines is 1. The summed E-state index contributed by atoms with van der Waals surface area (Å²) < 4.78 is 5.74. The lowest BCUT2D eigenvalue weighted by atomic mass is 9.88. The van der Waals surface area contributed by atoms with E-state index >= 15 is 0 Å². The molecule has 0 heterocycles. The van der Waals surface area contributed by atoms with E-state index in [1.54, 1.807) is 12.1 Å².